The maximum atomic E-state index is 6.38. The van der Waals surface area contributed by atoms with E-state index in [0.717, 1.165) is 24.2 Å². The van der Waals surface area contributed by atoms with E-state index in [9.17, 15) is 0 Å². The van der Waals surface area contributed by atoms with Gasteiger partial charge < -0.3 is 0 Å². The van der Waals surface area contributed by atoms with Gasteiger partial charge in [0.05, 0.1) is 23.1 Å². The van der Waals surface area contributed by atoms with Crippen molar-refractivity contribution in [2.45, 2.75) is 32.6 Å². The fraction of sp³-hybridized carbons (Fsp3) is 0.227. The molecule has 3 aromatic rings. The first-order valence-corrected chi connectivity index (χ1v) is 8.44. The normalized spacial score (nSPS) is 13.6. The molecule has 1 heterocycles. The molecule has 2 aromatic carbocycles. The zero-order chi connectivity index (χ0) is 15.6. The molecule has 0 N–H and O–H groups in total. The molecule has 0 saturated heterocycles. The van der Waals surface area contributed by atoms with Gasteiger partial charge in [-0.3, -0.25) is 0 Å². The molecule has 114 valence electrons. The first kappa shape index (κ1) is 14.2. The Hall–Kier alpha value is -2.41. The van der Waals surface area contributed by atoms with Crippen LogP contribution in [-0.4, -0.2) is 0 Å². The van der Waals surface area contributed by atoms with Gasteiger partial charge in [-0.25, -0.2) is 4.42 Å². The Morgan fingerprint density at radius 1 is 0.739 bits per heavy atom. The molecule has 1 nitrogen and oxygen atoms in total. The summed E-state index contributed by atoms with van der Waals surface area (Å²) in [5, 5.41) is 0. The van der Waals surface area contributed by atoms with Crippen LogP contribution >= 0.6 is 0 Å². The minimum Gasteiger partial charge on any atom is -0.212 e. The van der Waals surface area contributed by atoms with Crippen LogP contribution in [0.2, 0.25) is 0 Å². The lowest BCUT2D eigenvalue weighted by atomic mass is 9.86. The van der Waals surface area contributed by atoms with Crippen molar-refractivity contribution in [3.8, 4) is 22.5 Å². The Morgan fingerprint density at radius 3 is 2.04 bits per heavy atom. The van der Waals surface area contributed by atoms with Gasteiger partial charge in [-0.05, 0) is 43.9 Å². The number of hydrogen-bond donors (Lipinski definition) is 0. The van der Waals surface area contributed by atoms with Gasteiger partial charge in [-0.1, -0.05) is 48.5 Å². The molecule has 1 aromatic heterocycles. The van der Waals surface area contributed by atoms with E-state index < -0.39 is 0 Å². The summed E-state index contributed by atoms with van der Waals surface area (Å²) in [5.41, 5.74) is 6.51. The number of aryl methyl sites for hydroxylation is 1. The van der Waals surface area contributed by atoms with E-state index in [-0.39, 0.29) is 0 Å². The van der Waals surface area contributed by atoms with Gasteiger partial charge in [-0.15, -0.1) is 0 Å². The number of fused-ring (bicyclic) bond motifs is 1. The van der Waals surface area contributed by atoms with E-state index in [1.54, 1.807) is 0 Å². The molecule has 0 unspecified atom stereocenters. The monoisotopic (exact) mass is 301 g/mol. The molecule has 0 spiro atoms. The van der Waals surface area contributed by atoms with Crippen molar-refractivity contribution in [3.63, 3.8) is 0 Å². The highest BCUT2D eigenvalue weighted by Crippen LogP contribution is 2.39. The van der Waals surface area contributed by atoms with Gasteiger partial charge >= 0.3 is 11.5 Å². The summed E-state index contributed by atoms with van der Waals surface area (Å²) in [6.07, 6.45) is 4.66. The standard InChI is InChI=1S/C22H21O/c1-16-21(17-10-4-2-5-11-17)19-14-8-9-15-20(19)23-22(16)18-12-6-3-7-13-18/h2-7,10-13H,8-9,14-15H2,1H3/q+1. The topological polar surface area (TPSA) is 11.3 Å². The second-order valence-electron chi connectivity index (χ2n) is 6.27. The molecule has 4 rings (SSSR count). The fourth-order valence-corrected chi connectivity index (χ4v) is 3.65. The van der Waals surface area contributed by atoms with Crippen LogP contribution in [-0.2, 0) is 12.8 Å². The van der Waals surface area contributed by atoms with E-state index in [1.165, 1.54) is 40.9 Å². The highest BCUT2D eigenvalue weighted by Gasteiger charge is 2.30. The lowest BCUT2D eigenvalue weighted by Gasteiger charge is -2.15. The smallest absolute Gasteiger partial charge is 0.212 e. The first-order chi connectivity index (χ1) is 11.3. The van der Waals surface area contributed by atoms with Crippen LogP contribution in [0.15, 0.2) is 65.1 Å². The average Bonchev–Trinajstić information content (AvgIpc) is 2.63. The molecule has 0 atom stereocenters. The molecule has 0 saturated carbocycles. The maximum Gasteiger partial charge on any atom is 0.363 e. The van der Waals surface area contributed by atoms with E-state index in [0.29, 0.717) is 0 Å². The predicted octanol–water partition coefficient (Wildman–Crippen LogP) is 6.08. The van der Waals surface area contributed by atoms with Crippen molar-refractivity contribution in [2.75, 3.05) is 0 Å². The average molecular weight is 301 g/mol. The lowest BCUT2D eigenvalue weighted by Crippen LogP contribution is -2.07. The summed E-state index contributed by atoms with van der Waals surface area (Å²) < 4.78 is 6.38. The minimum absolute atomic E-state index is 1.02. The second kappa shape index (κ2) is 6.00. The van der Waals surface area contributed by atoms with Crippen LogP contribution < -0.4 is 0 Å². The molecule has 0 radical (unpaired) electrons. The van der Waals surface area contributed by atoms with E-state index in [4.69, 9.17) is 4.42 Å². The van der Waals surface area contributed by atoms with Gasteiger partial charge in [-0.2, -0.15) is 0 Å². The SMILES string of the molecule is Cc1c(-c2ccccc2)[o+]c2c(c1-c1ccccc1)CCCC2. The minimum atomic E-state index is 1.02. The zero-order valence-corrected chi connectivity index (χ0v) is 13.5. The molecule has 0 aliphatic heterocycles. The quantitative estimate of drug-likeness (QED) is 0.522. The molecule has 0 fully saturated rings. The summed E-state index contributed by atoms with van der Waals surface area (Å²) in [6.45, 7) is 2.20. The van der Waals surface area contributed by atoms with Gasteiger partial charge in [0.25, 0.3) is 0 Å². The highest BCUT2D eigenvalue weighted by molar-refractivity contribution is 5.78. The third-order valence-electron chi connectivity index (χ3n) is 4.76. The second-order valence-corrected chi connectivity index (χ2v) is 6.27. The van der Waals surface area contributed by atoms with E-state index in [2.05, 4.69) is 67.6 Å². The van der Waals surface area contributed by atoms with Gasteiger partial charge in [0, 0.05) is 5.56 Å². The molecule has 0 bridgehead atoms. The molecular formula is C22H21O+. The third-order valence-corrected chi connectivity index (χ3v) is 4.76. The Bertz CT molecular complexity index is 820. The van der Waals surface area contributed by atoms with Crippen LogP contribution in [0.5, 0.6) is 0 Å². The fourth-order valence-electron chi connectivity index (χ4n) is 3.65. The van der Waals surface area contributed by atoms with Crippen molar-refractivity contribution in [1.29, 1.82) is 0 Å². The Kier molecular flexibility index (Phi) is 3.70. The summed E-state index contributed by atoms with van der Waals surface area (Å²) >= 11 is 0. The van der Waals surface area contributed by atoms with Crippen LogP contribution in [0, 0.1) is 6.92 Å². The van der Waals surface area contributed by atoms with Crippen LogP contribution in [0.4, 0.5) is 0 Å². The van der Waals surface area contributed by atoms with Gasteiger partial charge in [0.15, 0.2) is 0 Å². The highest BCUT2D eigenvalue weighted by atomic mass is 16.3. The first-order valence-electron chi connectivity index (χ1n) is 8.44. The molecule has 1 aliphatic rings. The van der Waals surface area contributed by atoms with Gasteiger partial charge in [0.1, 0.15) is 0 Å². The molecule has 0 amide bonds. The molecule has 1 aliphatic carbocycles. The Labute approximate surface area is 137 Å². The summed E-state index contributed by atoms with van der Waals surface area (Å²) in [5.74, 6) is 2.20. The molecule has 23 heavy (non-hydrogen) atoms. The maximum absolute atomic E-state index is 6.38. The van der Waals surface area contributed by atoms with Crippen molar-refractivity contribution in [3.05, 3.63) is 77.6 Å². The number of rotatable bonds is 2. The van der Waals surface area contributed by atoms with Crippen molar-refractivity contribution in [2.24, 2.45) is 0 Å². The predicted molar refractivity (Wildman–Crippen MR) is 95.4 cm³/mol. The molecule has 1 heteroatoms. The van der Waals surface area contributed by atoms with Crippen LogP contribution in [0.3, 0.4) is 0 Å². The number of hydrogen-bond acceptors (Lipinski definition) is 0. The third kappa shape index (κ3) is 2.57. The largest absolute Gasteiger partial charge is 0.363 e. The van der Waals surface area contributed by atoms with Gasteiger partial charge in [0.2, 0.25) is 0 Å². The van der Waals surface area contributed by atoms with Crippen molar-refractivity contribution in [1.82, 2.24) is 0 Å². The summed E-state index contributed by atoms with van der Waals surface area (Å²) in [4.78, 5) is 0. The van der Waals surface area contributed by atoms with Crippen LogP contribution in [0.25, 0.3) is 22.5 Å². The lowest BCUT2D eigenvalue weighted by molar-refractivity contribution is 0.464. The van der Waals surface area contributed by atoms with E-state index >= 15 is 0 Å². The number of benzene rings is 2. The van der Waals surface area contributed by atoms with Crippen molar-refractivity contribution >= 4 is 0 Å². The summed E-state index contributed by atoms with van der Waals surface area (Å²) in [6, 6.07) is 21.2. The Morgan fingerprint density at radius 2 is 1.35 bits per heavy atom. The summed E-state index contributed by atoms with van der Waals surface area (Å²) in [7, 11) is 0. The van der Waals surface area contributed by atoms with Crippen molar-refractivity contribution < 1.29 is 4.42 Å². The molecular weight excluding hydrogens is 280 g/mol. The zero-order valence-electron chi connectivity index (χ0n) is 13.5. The van der Waals surface area contributed by atoms with Crippen LogP contribution in [0.1, 0.15) is 29.7 Å². The van der Waals surface area contributed by atoms with E-state index in [1.807, 2.05) is 0 Å². The Balaban J connectivity index is 2.00.